The van der Waals surface area contributed by atoms with Crippen molar-refractivity contribution in [1.82, 2.24) is 5.32 Å². The van der Waals surface area contributed by atoms with E-state index in [4.69, 9.17) is 5.73 Å². The fraction of sp³-hybridized carbons (Fsp3) is 0.600. The fourth-order valence-corrected chi connectivity index (χ4v) is 0.406. The number of hydrogen-bond acceptors (Lipinski definition) is 3. The second-order valence-corrected chi connectivity index (χ2v) is 1.74. The highest BCUT2D eigenvalue weighted by Crippen LogP contribution is 1.82. The van der Waals surface area contributed by atoms with Crippen LogP contribution in [-0.2, 0) is 0 Å². The molecule has 0 unspecified atom stereocenters. The van der Waals surface area contributed by atoms with Crippen molar-refractivity contribution in [3.05, 3.63) is 11.1 Å². The molecule has 8 heavy (non-hydrogen) atoms. The van der Waals surface area contributed by atoms with Crippen LogP contribution in [-0.4, -0.2) is 13.1 Å². The van der Waals surface area contributed by atoms with E-state index in [1.54, 1.807) is 5.41 Å². The molecule has 0 saturated carbocycles. The summed E-state index contributed by atoms with van der Waals surface area (Å²) in [6.07, 6.45) is 0. The summed E-state index contributed by atoms with van der Waals surface area (Å²) >= 11 is 3.86. The van der Waals surface area contributed by atoms with Gasteiger partial charge in [0.05, 0.1) is 0 Å². The molecule has 0 fully saturated rings. The molecular weight excluding hydrogens is 120 g/mol. The van der Waals surface area contributed by atoms with Crippen LogP contribution in [0, 0.1) is 0 Å². The molecule has 0 aromatic heterocycles. The smallest absolute Gasteiger partial charge is 0.0357 e. The predicted molar refractivity (Wildman–Crippen MR) is 39.8 cm³/mol. The maximum Gasteiger partial charge on any atom is 0.0357 e. The molecule has 48 valence electrons. The summed E-state index contributed by atoms with van der Waals surface area (Å²) < 4.78 is 0. The summed E-state index contributed by atoms with van der Waals surface area (Å²) in [6.45, 7) is 3.72. The van der Waals surface area contributed by atoms with Gasteiger partial charge in [-0.2, -0.15) is 0 Å². The largest absolute Gasteiger partial charge is 0.401 e. The molecule has 0 aliphatic carbocycles. The van der Waals surface area contributed by atoms with Gasteiger partial charge >= 0.3 is 0 Å². The van der Waals surface area contributed by atoms with Crippen LogP contribution in [0.5, 0.6) is 0 Å². The Balaban J connectivity index is 3.12. The minimum absolute atomic E-state index is 0.736. The SMILES string of the molecule is CCNC/C(N)=C/S. The summed E-state index contributed by atoms with van der Waals surface area (Å²) in [5.41, 5.74) is 6.15. The van der Waals surface area contributed by atoms with E-state index in [2.05, 4.69) is 17.9 Å². The molecule has 0 aliphatic rings. The van der Waals surface area contributed by atoms with Crippen molar-refractivity contribution < 1.29 is 0 Å². The Labute approximate surface area is 55.6 Å². The Bertz CT molecular complexity index is 80.5. The number of nitrogens with one attached hydrogen (secondary N) is 1. The number of hydrogen-bond donors (Lipinski definition) is 3. The number of likely N-dealkylation sites (N-methyl/N-ethyl adjacent to an activating group) is 1. The molecule has 3 N–H and O–H groups in total. The van der Waals surface area contributed by atoms with Crippen molar-refractivity contribution in [3.8, 4) is 0 Å². The first-order valence-electron chi connectivity index (χ1n) is 2.60. The van der Waals surface area contributed by atoms with Crippen molar-refractivity contribution in [3.63, 3.8) is 0 Å². The molecule has 0 amide bonds. The molecule has 0 atom stereocenters. The van der Waals surface area contributed by atoms with E-state index < -0.39 is 0 Å². The summed E-state index contributed by atoms with van der Waals surface area (Å²) in [4.78, 5) is 0. The molecule has 3 heteroatoms. The van der Waals surface area contributed by atoms with Crippen molar-refractivity contribution in [2.24, 2.45) is 5.73 Å². The molecule has 0 aliphatic heterocycles. The molecule has 2 nitrogen and oxygen atoms in total. The lowest BCUT2D eigenvalue weighted by Crippen LogP contribution is -2.19. The highest BCUT2D eigenvalue weighted by atomic mass is 32.1. The Hall–Kier alpha value is -0.150. The van der Waals surface area contributed by atoms with Crippen molar-refractivity contribution in [2.45, 2.75) is 6.92 Å². The van der Waals surface area contributed by atoms with Gasteiger partial charge in [-0.1, -0.05) is 6.92 Å². The zero-order valence-electron chi connectivity index (χ0n) is 5.02. The second kappa shape index (κ2) is 5.00. The van der Waals surface area contributed by atoms with Crippen LogP contribution in [0.3, 0.4) is 0 Å². The number of rotatable bonds is 3. The van der Waals surface area contributed by atoms with Crippen LogP contribution in [0.1, 0.15) is 6.92 Å². The van der Waals surface area contributed by atoms with Crippen molar-refractivity contribution in [1.29, 1.82) is 0 Å². The molecule has 0 aromatic carbocycles. The lowest BCUT2D eigenvalue weighted by molar-refractivity contribution is 0.772. The summed E-state index contributed by atoms with van der Waals surface area (Å²) in [5.74, 6) is 0. The lowest BCUT2D eigenvalue weighted by Gasteiger charge is -1.97. The summed E-state index contributed by atoms with van der Waals surface area (Å²) in [7, 11) is 0. The standard InChI is InChI=1S/C5H12N2S/c1-2-7-3-5(6)4-8/h4,7-8H,2-3,6H2,1H3/b5-4-. The van der Waals surface area contributed by atoms with Gasteiger partial charge in [-0.3, -0.25) is 0 Å². The van der Waals surface area contributed by atoms with Crippen LogP contribution in [0.2, 0.25) is 0 Å². The lowest BCUT2D eigenvalue weighted by atomic mass is 10.5. The minimum Gasteiger partial charge on any atom is -0.401 e. The van der Waals surface area contributed by atoms with Crippen LogP contribution >= 0.6 is 12.6 Å². The van der Waals surface area contributed by atoms with Gasteiger partial charge in [0.15, 0.2) is 0 Å². The van der Waals surface area contributed by atoms with E-state index >= 15 is 0 Å². The van der Waals surface area contributed by atoms with Crippen LogP contribution < -0.4 is 11.1 Å². The quantitative estimate of drug-likeness (QED) is 0.484. The molecule has 0 heterocycles. The molecule has 0 radical (unpaired) electrons. The van der Waals surface area contributed by atoms with E-state index in [1.807, 2.05) is 6.92 Å². The van der Waals surface area contributed by atoms with Crippen molar-refractivity contribution in [2.75, 3.05) is 13.1 Å². The van der Waals surface area contributed by atoms with Gasteiger partial charge in [0, 0.05) is 12.2 Å². The predicted octanol–water partition coefficient (Wildman–Crippen LogP) is 0.326. The van der Waals surface area contributed by atoms with E-state index in [9.17, 15) is 0 Å². The van der Waals surface area contributed by atoms with Crippen LogP contribution in [0.4, 0.5) is 0 Å². The molecule has 0 aromatic rings. The van der Waals surface area contributed by atoms with Gasteiger partial charge in [-0.05, 0) is 12.0 Å². The summed E-state index contributed by atoms with van der Waals surface area (Å²) in [6, 6.07) is 0. The first kappa shape index (κ1) is 7.85. The highest BCUT2D eigenvalue weighted by molar-refractivity contribution is 7.83. The first-order valence-corrected chi connectivity index (χ1v) is 3.12. The normalized spacial score (nSPS) is 12.0. The number of thiol groups is 1. The third-order valence-electron chi connectivity index (χ3n) is 0.745. The van der Waals surface area contributed by atoms with E-state index in [0.29, 0.717) is 0 Å². The third-order valence-corrected chi connectivity index (χ3v) is 1.08. The average Bonchev–Trinajstić information content (AvgIpc) is 1.83. The van der Waals surface area contributed by atoms with Crippen LogP contribution in [0.25, 0.3) is 0 Å². The zero-order valence-corrected chi connectivity index (χ0v) is 5.91. The van der Waals surface area contributed by atoms with Gasteiger partial charge in [-0.15, -0.1) is 12.6 Å². The van der Waals surface area contributed by atoms with Gasteiger partial charge in [-0.25, -0.2) is 0 Å². The average molecular weight is 132 g/mol. The Morgan fingerprint density at radius 3 is 2.88 bits per heavy atom. The van der Waals surface area contributed by atoms with Gasteiger partial charge in [0.25, 0.3) is 0 Å². The Kier molecular flexibility index (Phi) is 4.90. The Morgan fingerprint density at radius 2 is 2.50 bits per heavy atom. The van der Waals surface area contributed by atoms with E-state index in [0.717, 1.165) is 18.8 Å². The van der Waals surface area contributed by atoms with E-state index in [-0.39, 0.29) is 0 Å². The molecule has 0 rings (SSSR count). The fourth-order valence-electron chi connectivity index (χ4n) is 0.315. The zero-order chi connectivity index (χ0) is 6.41. The number of nitrogens with two attached hydrogens (primary N) is 1. The summed E-state index contributed by atoms with van der Waals surface area (Å²) in [5, 5.41) is 4.66. The van der Waals surface area contributed by atoms with Gasteiger partial charge < -0.3 is 11.1 Å². The maximum absolute atomic E-state index is 5.38. The van der Waals surface area contributed by atoms with Crippen molar-refractivity contribution >= 4 is 12.6 Å². The van der Waals surface area contributed by atoms with Gasteiger partial charge in [0.1, 0.15) is 0 Å². The monoisotopic (exact) mass is 132 g/mol. The second-order valence-electron chi connectivity index (χ2n) is 1.48. The maximum atomic E-state index is 5.38. The first-order chi connectivity index (χ1) is 3.81. The topological polar surface area (TPSA) is 38.0 Å². The highest BCUT2D eigenvalue weighted by Gasteiger charge is 1.82. The molecular formula is C5H12N2S. The third kappa shape index (κ3) is 4.02. The van der Waals surface area contributed by atoms with Crippen LogP contribution in [0.15, 0.2) is 11.1 Å². The molecule has 0 saturated heterocycles. The molecule has 0 spiro atoms. The van der Waals surface area contributed by atoms with Gasteiger partial charge in [0.2, 0.25) is 0 Å². The minimum atomic E-state index is 0.736. The van der Waals surface area contributed by atoms with E-state index in [1.165, 1.54) is 0 Å². The molecule has 0 bridgehead atoms. The Morgan fingerprint density at radius 1 is 1.88 bits per heavy atom.